The van der Waals surface area contributed by atoms with Crippen LogP contribution in [-0.4, -0.2) is 31.9 Å². The van der Waals surface area contributed by atoms with Gasteiger partial charge in [0.1, 0.15) is 12.6 Å². The molecule has 0 spiro atoms. The van der Waals surface area contributed by atoms with Crippen molar-refractivity contribution in [2.75, 3.05) is 5.32 Å². The molecule has 0 bridgehead atoms. The molecule has 1 fully saturated rings. The lowest BCUT2D eigenvalue weighted by Crippen LogP contribution is -2.35. The Balaban J connectivity index is 1.59. The van der Waals surface area contributed by atoms with Crippen molar-refractivity contribution in [1.29, 1.82) is 5.26 Å². The lowest BCUT2D eigenvalue weighted by atomic mass is 10.2. The predicted octanol–water partition coefficient (Wildman–Crippen LogP) is 1.35. The highest BCUT2D eigenvalue weighted by Crippen LogP contribution is 2.18. The Hall–Kier alpha value is -2.95. The van der Waals surface area contributed by atoms with Crippen LogP contribution in [0.2, 0.25) is 0 Å². The number of rotatable bonds is 5. The Morgan fingerprint density at radius 2 is 2.26 bits per heavy atom. The molecular formula is C15H17N7O. The van der Waals surface area contributed by atoms with Crippen LogP contribution in [0.15, 0.2) is 24.7 Å². The normalized spacial score (nSPS) is 14.4. The first-order chi connectivity index (χ1) is 11.2. The Morgan fingerprint density at radius 3 is 3.04 bits per heavy atom. The van der Waals surface area contributed by atoms with Crippen molar-refractivity contribution in [1.82, 2.24) is 25.3 Å². The van der Waals surface area contributed by atoms with Crippen LogP contribution >= 0.6 is 0 Å². The van der Waals surface area contributed by atoms with Crippen LogP contribution in [-0.2, 0) is 11.3 Å². The van der Waals surface area contributed by atoms with Crippen molar-refractivity contribution >= 4 is 17.4 Å². The molecule has 1 amide bonds. The summed E-state index contributed by atoms with van der Waals surface area (Å²) in [6, 6.07) is 3.92. The Kier molecular flexibility index (Phi) is 4.47. The minimum Gasteiger partial charge on any atom is -0.352 e. The van der Waals surface area contributed by atoms with E-state index in [1.54, 1.807) is 23.1 Å². The van der Waals surface area contributed by atoms with Crippen LogP contribution in [0.25, 0.3) is 0 Å². The number of nitrogens with one attached hydrogen (secondary N) is 2. The maximum Gasteiger partial charge on any atom is 0.241 e. The van der Waals surface area contributed by atoms with Gasteiger partial charge in [-0.15, -0.1) is 5.10 Å². The first-order valence-electron chi connectivity index (χ1n) is 7.55. The molecule has 23 heavy (non-hydrogen) atoms. The molecule has 118 valence electrons. The van der Waals surface area contributed by atoms with Crippen molar-refractivity contribution in [3.63, 3.8) is 0 Å². The third kappa shape index (κ3) is 3.83. The summed E-state index contributed by atoms with van der Waals surface area (Å²) in [5.74, 6) is 0.328. The molecule has 0 unspecified atom stereocenters. The molecule has 2 N–H and O–H groups in total. The van der Waals surface area contributed by atoms with Gasteiger partial charge in [0.2, 0.25) is 5.91 Å². The molecule has 0 aliphatic heterocycles. The summed E-state index contributed by atoms with van der Waals surface area (Å²) in [4.78, 5) is 12.0. The second-order valence-electron chi connectivity index (χ2n) is 5.51. The van der Waals surface area contributed by atoms with E-state index >= 15 is 0 Å². The largest absolute Gasteiger partial charge is 0.352 e. The number of carbonyl (C=O) groups excluding carboxylic acids is 1. The lowest BCUT2D eigenvalue weighted by Gasteiger charge is -2.11. The zero-order valence-electron chi connectivity index (χ0n) is 12.6. The van der Waals surface area contributed by atoms with Gasteiger partial charge in [-0.25, -0.2) is 0 Å². The molecule has 0 atom stereocenters. The highest BCUT2D eigenvalue weighted by atomic mass is 16.2. The van der Waals surface area contributed by atoms with Gasteiger partial charge < -0.3 is 10.6 Å². The molecule has 0 radical (unpaired) electrons. The van der Waals surface area contributed by atoms with E-state index in [9.17, 15) is 4.79 Å². The van der Waals surface area contributed by atoms with Gasteiger partial charge in [-0.1, -0.05) is 12.8 Å². The van der Waals surface area contributed by atoms with Gasteiger partial charge in [0, 0.05) is 12.2 Å². The van der Waals surface area contributed by atoms with Gasteiger partial charge in [-0.3, -0.25) is 9.48 Å². The maximum absolute atomic E-state index is 12.0. The fraction of sp³-hybridized carbons (Fsp3) is 0.400. The summed E-state index contributed by atoms with van der Waals surface area (Å²) >= 11 is 0. The molecule has 0 aromatic carbocycles. The highest BCUT2D eigenvalue weighted by molar-refractivity contribution is 5.76. The van der Waals surface area contributed by atoms with Crippen molar-refractivity contribution in [3.8, 4) is 6.07 Å². The van der Waals surface area contributed by atoms with Crippen LogP contribution in [0.1, 0.15) is 31.2 Å². The van der Waals surface area contributed by atoms with Gasteiger partial charge >= 0.3 is 0 Å². The van der Waals surface area contributed by atoms with Crippen molar-refractivity contribution < 1.29 is 4.79 Å². The first-order valence-corrected chi connectivity index (χ1v) is 7.55. The van der Waals surface area contributed by atoms with Crippen molar-refractivity contribution in [2.45, 2.75) is 38.3 Å². The Bertz CT molecular complexity index is 727. The Labute approximate surface area is 133 Å². The second kappa shape index (κ2) is 6.87. The van der Waals surface area contributed by atoms with E-state index in [1.807, 2.05) is 6.07 Å². The molecule has 8 nitrogen and oxygen atoms in total. The van der Waals surface area contributed by atoms with E-state index in [1.165, 1.54) is 19.0 Å². The van der Waals surface area contributed by atoms with Crippen LogP contribution in [0, 0.1) is 11.3 Å². The lowest BCUT2D eigenvalue weighted by molar-refractivity contribution is -0.122. The zero-order chi connectivity index (χ0) is 16.1. The standard InChI is InChI=1S/C15H17N7O/c16-7-11-5-6-17-21-15(11)20-13-8-18-22(9-13)10-14(23)19-12-3-1-2-4-12/h5-6,8-9,12H,1-4,10H2,(H,19,23)(H,20,21). The number of anilines is 2. The van der Waals surface area contributed by atoms with Crippen LogP contribution in [0.5, 0.6) is 0 Å². The summed E-state index contributed by atoms with van der Waals surface area (Å²) in [6.45, 7) is 0.170. The third-order valence-electron chi connectivity index (χ3n) is 3.76. The van der Waals surface area contributed by atoms with Crippen molar-refractivity contribution in [2.24, 2.45) is 0 Å². The van der Waals surface area contributed by atoms with Gasteiger partial charge in [-0.2, -0.15) is 15.5 Å². The molecule has 1 saturated carbocycles. The van der Waals surface area contributed by atoms with Gasteiger partial charge in [0.15, 0.2) is 5.82 Å². The SMILES string of the molecule is N#Cc1ccnnc1Nc1cnn(CC(=O)NC2CCCC2)c1. The molecule has 2 aromatic rings. The quantitative estimate of drug-likeness (QED) is 0.862. The van der Waals surface area contributed by atoms with Crippen LogP contribution < -0.4 is 10.6 Å². The average Bonchev–Trinajstić information content (AvgIpc) is 3.20. The summed E-state index contributed by atoms with van der Waals surface area (Å²) in [6.07, 6.45) is 9.21. The minimum absolute atomic E-state index is 0.0382. The molecule has 0 saturated heterocycles. The number of hydrogen-bond acceptors (Lipinski definition) is 6. The monoisotopic (exact) mass is 311 g/mol. The topological polar surface area (TPSA) is 109 Å². The van der Waals surface area contributed by atoms with Crippen molar-refractivity contribution in [3.05, 3.63) is 30.2 Å². The van der Waals surface area contributed by atoms with E-state index in [4.69, 9.17) is 5.26 Å². The molecular weight excluding hydrogens is 294 g/mol. The van der Waals surface area contributed by atoms with E-state index < -0.39 is 0 Å². The number of hydrogen-bond donors (Lipinski definition) is 2. The molecule has 8 heteroatoms. The molecule has 1 aliphatic carbocycles. The number of nitrogens with zero attached hydrogens (tertiary/aromatic N) is 5. The van der Waals surface area contributed by atoms with E-state index in [0.717, 1.165) is 12.8 Å². The van der Waals surface area contributed by atoms with Crippen LogP contribution in [0.4, 0.5) is 11.5 Å². The fourth-order valence-electron chi connectivity index (χ4n) is 2.66. The molecule has 3 rings (SSSR count). The number of nitriles is 1. The van der Waals surface area contributed by atoms with Gasteiger partial charge in [0.05, 0.1) is 23.6 Å². The fourth-order valence-corrected chi connectivity index (χ4v) is 2.66. The smallest absolute Gasteiger partial charge is 0.241 e. The Morgan fingerprint density at radius 1 is 1.43 bits per heavy atom. The van der Waals surface area contributed by atoms with Gasteiger partial charge in [0.25, 0.3) is 0 Å². The molecule has 2 heterocycles. The summed E-state index contributed by atoms with van der Waals surface area (Å²) in [7, 11) is 0. The van der Waals surface area contributed by atoms with Gasteiger partial charge in [-0.05, 0) is 18.9 Å². The number of amides is 1. The molecule has 2 aromatic heterocycles. The van der Waals surface area contributed by atoms with E-state index in [-0.39, 0.29) is 12.5 Å². The maximum atomic E-state index is 12.0. The van der Waals surface area contributed by atoms with Crippen LogP contribution in [0.3, 0.4) is 0 Å². The minimum atomic E-state index is -0.0382. The summed E-state index contributed by atoms with van der Waals surface area (Å²) < 4.78 is 1.55. The highest BCUT2D eigenvalue weighted by Gasteiger charge is 2.17. The zero-order valence-corrected chi connectivity index (χ0v) is 12.6. The first kappa shape index (κ1) is 15.0. The second-order valence-corrected chi connectivity index (χ2v) is 5.51. The number of carbonyl (C=O) groups is 1. The average molecular weight is 311 g/mol. The number of aromatic nitrogens is 4. The predicted molar refractivity (Wildman–Crippen MR) is 82.7 cm³/mol. The van der Waals surface area contributed by atoms with E-state index in [2.05, 4.69) is 25.9 Å². The summed E-state index contributed by atoms with van der Waals surface area (Å²) in [5, 5.41) is 26.8. The third-order valence-corrected chi connectivity index (χ3v) is 3.76. The van der Waals surface area contributed by atoms with E-state index in [0.29, 0.717) is 23.1 Å². The molecule has 1 aliphatic rings. The summed E-state index contributed by atoms with van der Waals surface area (Å²) in [5.41, 5.74) is 1.04.